The molecule has 2 aromatic rings. The highest BCUT2D eigenvalue weighted by Gasteiger charge is 2.23. The zero-order valence-corrected chi connectivity index (χ0v) is 14.5. The van der Waals surface area contributed by atoms with E-state index in [0.29, 0.717) is 22.9 Å². The van der Waals surface area contributed by atoms with Gasteiger partial charge in [0.25, 0.3) is 0 Å². The molecule has 0 bridgehead atoms. The Morgan fingerprint density at radius 1 is 1.04 bits per heavy atom. The molecule has 134 valence electrons. The van der Waals surface area contributed by atoms with Crippen LogP contribution in [0.2, 0.25) is 0 Å². The molecule has 0 saturated carbocycles. The summed E-state index contributed by atoms with van der Waals surface area (Å²) < 4.78 is 11.4. The van der Waals surface area contributed by atoms with Crippen molar-refractivity contribution in [2.75, 3.05) is 11.9 Å². The predicted octanol–water partition coefficient (Wildman–Crippen LogP) is 2.27. The Morgan fingerprint density at radius 2 is 1.73 bits per heavy atom. The van der Waals surface area contributed by atoms with Gasteiger partial charge in [0.1, 0.15) is 6.61 Å². The van der Waals surface area contributed by atoms with Crippen molar-refractivity contribution in [1.82, 2.24) is 5.43 Å². The predicted molar refractivity (Wildman–Crippen MR) is 97.4 cm³/mol. The zero-order valence-electron chi connectivity index (χ0n) is 14.5. The lowest BCUT2D eigenvalue weighted by Gasteiger charge is -2.26. The quantitative estimate of drug-likeness (QED) is 0.503. The SMILES string of the molecule is C/C(=N/NC(=O)C(=O)Nc1ccccc1C)[C@@H]1COc2ccccc2O1. The number of hydrogen-bond donors (Lipinski definition) is 2. The van der Waals surface area contributed by atoms with E-state index in [1.165, 1.54) is 0 Å². The number of hydrogen-bond acceptors (Lipinski definition) is 5. The third-order valence-corrected chi connectivity index (χ3v) is 3.91. The molecule has 0 aliphatic carbocycles. The summed E-state index contributed by atoms with van der Waals surface area (Å²) in [7, 11) is 0. The Balaban J connectivity index is 1.58. The summed E-state index contributed by atoms with van der Waals surface area (Å²) in [6, 6.07) is 14.5. The van der Waals surface area contributed by atoms with Crippen LogP contribution in [0.25, 0.3) is 0 Å². The van der Waals surface area contributed by atoms with E-state index in [4.69, 9.17) is 9.47 Å². The van der Waals surface area contributed by atoms with Gasteiger partial charge in [-0.2, -0.15) is 5.10 Å². The number of ether oxygens (including phenoxy) is 2. The molecule has 0 radical (unpaired) electrons. The smallest absolute Gasteiger partial charge is 0.329 e. The van der Waals surface area contributed by atoms with Crippen LogP contribution in [-0.4, -0.2) is 30.2 Å². The summed E-state index contributed by atoms with van der Waals surface area (Å²) in [6.45, 7) is 3.81. The average molecular weight is 353 g/mol. The normalized spacial score (nSPS) is 15.9. The lowest BCUT2D eigenvalue weighted by atomic mass is 10.2. The molecule has 3 rings (SSSR count). The van der Waals surface area contributed by atoms with E-state index < -0.39 is 17.9 Å². The minimum Gasteiger partial charge on any atom is -0.485 e. The third kappa shape index (κ3) is 4.00. The van der Waals surface area contributed by atoms with Crippen LogP contribution >= 0.6 is 0 Å². The van der Waals surface area contributed by atoms with Crippen LogP contribution in [0.1, 0.15) is 12.5 Å². The molecular weight excluding hydrogens is 334 g/mol. The van der Waals surface area contributed by atoms with Gasteiger partial charge in [-0.25, -0.2) is 5.43 Å². The van der Waals surface area contributed by atoms with Crippen molar-refractivity contribution in [1.29, 1.82) is 0 Å². The first kappa shape index (κ1) is 17.5. The first-order valence-electron chi connectivity index (χ1n) is 8.14. The van der Waals surface area contributed by atoms with Gasteiger partial charge in [-0.3, -0.25) is 9.59 Å². The van der Waals surface area contributed by atoms with Crippen LogP contribution in [-0.2, 0) is 9.59 Å². The molecule has 2 amide bonds. The van der Waals surface area contributed by atoms with Gasteiger partial charge in [-0.1, -0.05) is 30.3 Å². The fourth-order valence-electron chi connectivity index (χ4n) is 2.38. The monoisotopic (exact) mass is 353 g/mol. The van der Waals surface area contributed by atoms with Gasteiger partial charge in [0.2, 0.25) is 0 Å². The van der Waals surface area contributed by atoms with E-state index in [-0.39, 0.29) is 6.61 Å². The second kappa shape index (κ2) is 7.69. The molecule has 1 atom stereocenters. The number of carbonyl (C=O) groups is 2. The lowest BCUT2D eigenvalue weighted by Crippen LogP contribution is -2.38. The fraction of sp³-hybridized carbons (Fsp3) is 0.211. The Morgan fingerprint density at radius 3 is 2.50 bits per heavy atom. The van der Waals surface area contributed by atoms with Gasteiger partial charge >= 0.3 is 11.8 Å². The van der Waals surface area contributed by atoms with Crippen LogP contribution in [0, 0.1) is 6.92 Å². The summed E-state index contributed by atoms with van der Waals surface area (Å²) in [6.07, 6.45) is -0.440. The van der Waals surface area contributed by atoms with Crippen LogP contribution in [0.5, 0.6) is 11.5 Å². The maximum atomic E-state index is 12.0. The number of anilines is 1. The van der Waals surface area contributed by atoms with Gasteiger partial charge < -0.3 is 14.8 Å². The molecule has 0 aromatic heterocycles. The van der Waals surface area contributed by atoms with Crippen molar-refractivity contribution < 1.29 is 19.1 Å². The minimum atomic E-state index is -0.857. The van der Waals surface area contributed by atoms with Gasteiger partial charge in [0.05, 0.1) is 5.71 Å². The van der Waals surface area contributed by atoms with Crippen LogP contribution in [0.3, 0.4) is 0 Å². The highest BCUT2D eigenvalue weighted by atomic mass is 16.6. The number of amides is 2. The highest BCUT2D eigenvalue weighted by Crippen LogP contribution is 2.31. The number of aryl methyl sites for hydroxylation is 1. The summed E-state index contributed by atoms with van der Waals surface area (Å²) in [5, 5.41) is 6.51. The van der Waals surface area contributed by atoms with Crippen molar-refractivity contribution >= 4 is 23.2 Å². The van der Waals surface area contributed by atoms with Crippen LogP contribution < -0.4 is 20.2 Å². The van der Waals surface area contributed by atoms with Crippen molar-refractivity contribution in [2.45, 2.75) is 20.0 Å². The average Bonchev–Trinajstić information content (AvgIpc) is 2.67. The highest BCUT2D eigenvalue weighted by molar-refractivity contribution is 6.39. The lowest BCUT2D eigenvalue weighted by molar-refractivity contribution is -0.136. The molecule has 2 N–H and O–H groups in total. The van der Waals surface area contributed by atoms with Crippen molar-refractivity contribution in [3.63, 3.8) is 0 Å². The molecule has 0 saturated heterocycles. The minimum absolute atomic E-state index is 0.275. The van der Waals surface area contributed by atoms with E-state index in [1.54, 1.807) is 25.1 Å². The molecule has 0 unspecified atom stereocenters. The molecule has 7 heteroatoms. The van der Waals surface area contributed by atoms with E-state index >= 15 is 0 Å². The first-order chi connectivity index (χ1) is 12.5. The molecular formula is C19H19N3O4. The number of nitrogens with one attached hydrogen (secondary N) is 2. The number of hydrazone groups is 1. The molecule has 7 nitrogen and oxygen atoms in total. The Hall–Kier alpha value is -3.35. The molecule has 26 heavy (non-hydrogen) atoms. The maximum absolute atomic E-state index is 12.0. The van der Waals surface area contributed by atoms with Crippen molar-refractivity contribution in [3.05, 3.63) is 54.1 Å². The molecule has 2 aromatic carbocycles. The van der Waals surface area contributed by atoms with Crippen molar-refractivity contribution in [2.24, 2.45) is 5.10 Å². The second-order valence-corrected chi connectivity index (χ2v) is 5.83. The van der Waals surface area contributed by atoms with E-state index in [9.17, 15) is 9.59 Å². The van der Waals surface area contributed by atoms with Crippen LogP contribution in [0.15, 0.2) is 53.6 Å². The maximum Gasteiger partial charge on any atom is 0.329 e. The largest absolute Gasteiger partial charge is 0.485 e. The molecule has 0 fully saturated rings. The van der Waals surface area contributed by atoms with E-state index in [0.717, 1.165) is 5.56 Å². The standard InChI is InChI=1S/C19H19N3O4/c1-12-7-3-4-8-14(12)20-18(23)19(24)22-21-13(2)17-11-25-15-9-5-6-10-16(15)26-17/h3-10,17H,11H2,1-2H3,(H,20,23)(H,22,24)/b21-13-/t17-/m0/s1. The third-order valence-electron chi connectivity index (χ3n) is 3.91. The topological polar surface area (TPSA) is 89.0 Å². The van der Waals surface area contributed by atoms with Gasteiger partial charge in [0.15, 0.2) is 17.6 Å². The number of fused-ring (bicyclic) bond motifs is 1. The molecule has 1 aliphatic rings. The summed E-state index contributed by atoms with van der Waals surface area (Å²) in [5.41, 5.74) is 4.18. The van der Waals surface area contributed by atoms with E-state index in [2.05, 4.69) is 15.8 Å². The Kier molecular flexibility index (Phi) is 5.17. The number of rotatable bonds is 3. The molecule has 1 heterocycles. The van der Waals surface area contributed by atoms with Crippen LogP contribution in [0.4, 0.5) is 5.69 Å². The first-order valence-corrected chi connectivity index (χ1v) is 8.14. The van der Waals surface area contributed by atoms with E-state index in [1.807, 2.05) is 37.3 Å². The second-order valence-electron chi connectivity index (χ2n) is 5.83. The van der Waals surface area contributed by atoms with Gasteiger partial charge in [-0.05, 0) is 37.6 Å². The summed E-state index contributed by atoms with van der Waals surface area (Å²) in [4.78, 5) is 23.9. The van der Waals surface area contributed by atoms with Gasteiger partial charge in [0, 0.05) is 5.69 Å². The summed E-state index contributed by atoms with van der Waals surface area (Å²) >= 11 is 0. The molecule has 0 spiro atoms. The number of para-hydroxylation sites is 3. The number of nitrogens with zero attached hydrogens (tertiary/aromatic N) is 1. The summed E-state index contributed by atoms with van der Waals surface area (Å²) in [5.74, 6) is -0.369. The number of benzene rings is 2. The number of carbonyl (C=O) groups excluding carboxylic acids is 2. The zero-order chi connectivity index (χ0) is 18.5. The Labute approximate surface area is 151 Å². The Bertz CT molecular complexity index is 863. The fourth-order valence-corrected chi connectivity index (χ4v) is 2.38. The molecule has 1 aliphatic heterocycles. The van der Waals surface area contributed by atoms with Crippen molar-refractivity contribution in [3.8, 4) is 11.5 Å². The van der Waals surface area contributed by atoms with Gasteiger partial charge in [-0.15, -0.1) is 0 Å².